The van der Waals surface area contributed by atoms with Crippen molar-refractivity contribution >= 4 is 32.9 Å². The van der Waals surface area contributed by atoms with E-state index in [2.05, 4.69) is 10.1 Å². The third-order valence-electron chi connectivity index (χ3n) is 4.99. The normalized spacial score (nSPS) is 11.7. The van der Waals surface area contributed by atoms with E-state index in [0.717, 1.165) is 6.07 Å². The summed E-state index contributed by atoms with van der Waals surface area (Å²) in [5, 5.41) is 15.7. The highest BCUT2D eigenvalue weighted by Gasteiger charge is 2.21. The highest BCUT2D eigenvalue weighted by Crippen LogP contribution is 2.25. The fourth-order valence-electron chi connectivity index (χ4n) is 3.22. The molecule has 0 fully saturated rings. The molecule has 0 amide bonds. The van der Waals surface area contributed by atoms with Crippen LogP contribution in [0.2, 0.25) is 0 Å². The van der Waals surface area contributed by atoms with E-state index in [-0.39, 0.29) is 21.9 Å². The molecule has 3 aromatic carbocycles. The maximum Gasteiger partial charge on any atom is 0.339 e. The Morgan fingerprint density at radius 3 is 2.47 bits per heavy atom. The number of nitro groups is 1. The summed E-state index contributed by atoms with van der Waals surface area (Å²) in [6.07, 6.45) is 1.44. The van der Waals surface area contributed by atoms with Crippen LogP contribution in [0.5, 0.6) is 5.75 Å². The molecule has 0 spiro atoms. The third kappa shape index (κ3) is 4.55. The molecule has 0 bridgehead atoms. The zero-order valence-electron chi connectivity index (χ0n) is 18.1. The van der Waals surface area contributed by atoms with Crippen molar-refractivity contribution in [2.75, 3.05) is 0 Å². The molecular weight excluding hydrogens is 460 g/mol. The summed E-state index contributed by atoms with van der Waals surface area (Å²) in [5.74, 6) is 0.430. The molecule has 1 heterocycles. The highest BCUT2D eigenvalue weighted by atomic mass is 32.2. The van der Waals surface area contributed by atoms with Gasteiger partial charge in [-0.25, -0.2) is 4.98 Å². The lowest BCUT2D eigenvalue weighted by Crippen LogP contribution is -2.20. The van der Waals surface area contributed by atoms with E-state index in [1.165, 1.54) is 42.1 Å². The van der Waals surface area contributed by atoms with Gasteiger partial charge in [0.1, 0.15) is 16.5 Å². The van der Waals surface area contributed by atoms with Crippen molar-refractivity contribution < 1.29 is 17.5 Å². The Hall–Kier alpha value is -4.38. The van der Waals surface area contributed by atoms with Gasteiger partial charge < -0.3 is 4.18 Å². The van der Waals surface area contributed by atoms with E-state index >= 15 is 0 Å². The van der Waals surface area contributed by atoms with Crippen molar-refractivity contribution in [1.82, 2.24) is 9.66 Å². The average Bonchev–Trinajstić information content (AvgIpc) is 2.79. The first-order valence-electron chi connectivity index (χ1n) is 9.98. The number of para-hydroxylation sites is 1. The smallest absolute Gasteiger partial charge is 0.339 e. The Balaban J connectivity index is 1.56. The maximum absolute atomic E-state index is 12.7. The number of nitrogens with zero attached hydrogens (tertiary/aromatic N) is 4. The van der Waals surface area contributed by atoms with Gasteiger partial charge in [-0.15, -0.1) is 0 Å². The van der Waals surface area contributed by atoms with Gasteiger partial charge in [0.15, 0.2) is 0 Å². The van der Waals surface area contributed by atoms with Gasteiger partial charge in [-0.3, -0.25) is 14.9 Å². The standard InChI is InChI=1S/C23H18N4O6S/c1-15-7-12-19(13-22(15)27(29)30)34(31,32)33-18-10-8-17(9-11-18)14-24-26-16(2)25-21-6-4-3-5-20(21)23(26)28/h3-14H,1-2H3. The second-order valence-corrected chi connectivity index (χ2v) is 8.90. The fourth-order valence-corrected chi connectivity index (χ4v) is 4.17. The van der Waals surface area contributed by atoms with E-state index in [1.54, 1.807) is 43.3 Å². The Labute approximate surface area is 194 Å². The number of nitro benzene ring substituents is 1. The molecule has 0 aliphatic carbocycles. The summed E-state index contributed by atoms with van der Waals surface area (Å²) in [5.41, 5.74) is 0.874. The van der Waals surface area contributed by atoms with Crippen LogP contribution in [0.25, 0.3) is 10.9 Å². The van der Waals surface area contributed by atoms with Crippen molar-refractivity contribution in [2.24, 2.45) is 5.10 Å². The molecule has 4 aromatic rings. The van der Waals surface area contributed by atoms with Crippen molar-refractivity contribution in [3.8, 4) is 5.75 Å². The Kier molecular flexibility index (Phi) is 5.95. The van der Waals surface area contributed by atoms with E-state index < -0.39 is 15.0 Å². The molecule has 4 rings (SSSR count). The van der Waals surface area contributed by atoms with Crippen LogP contribution in [0.3, 0.4) is 0 Å². The topological polar surface area (TPSA) is 134 Å². The van der Waals surface area contributed by atoms with Gasteiger partial charge in [0.2, 0.25) is 0 Å². The van der Waals surface area contributed by atoms with Crippen LogP contribution in [0, 0.1) is 24.0 Å². The van der Waals surface area contributed by atoms with E-state index in [4.69, 9.17) is 4.18 Å². The second-order valence-electron chi connectivity index (χ2n) is 7.35. The van der Waals surface area contributed by atoms with Crippen LogP contribution >= 0.6 is 0 Å². The van der Waals surface area contributed by atoms with Crippen LogP contribution < -0.4 is 9.74 Å². The summed E-state index contributed by atoms with van der Waals surface area (Å²) in [7, 11) is -4.28. The molecule has 11 heteroatoms. The SMILES string of the molecule is Cc1ccc(S(=O)(=O)Oc2ccc(C=Nn3c(C)nc4ccccc4c3=O)cc2)cc1[N+](=O)[O-]. The number of aromatic nitrogens is 2. The van der Waals surface area contributed by atoms with Gasteiger partial charge in [0.05, 0.1) is 22.0 Å². The molecule has 0 saturated heterocycles. The van der Waals surface area contributed by atoms with Gasteiger partial charge in [0, 0.05) is 11.6 Å². The number of hydrogen-bond acceptors (Lipinski definition) is 8. The van der Waals surface area contributed by atoms with Crippen LogP contribution in [-0.2, 0) is 10.1 Å². The van der Waals surface area contributed by atoms with Crippen molar-refractivity contribution in [1.29, 1.82) is 0 Å². The molecule has 0 aliphatic heterocycles. The summed E-state index contributed by atoms with van der Waals surface area (Å²) >= 11 is 0. The molecule has 34 heavy (non-hydrogen) atoms. The molecule has 0 atom stereocenters. The number of hydrogen-bond donors (Lipinski definition) is 0. The van der Waals surface area contributed by atoms with Crippen molar-refractivity contribution in [3.05, 3.63) is 104 Å². The lowest BCUT2D eigenvalue weighted by atomic mass is 10.2. The van der Waals surface area contributed by atoms with E-state index in [0.29, 0.717) is 27.9 Å². The Bertz CT molecular complexity index is 1610. The second kappa shape index (κ2) is 8.87. The zero-order valence-corrected chi connectivity index (χ0v) is 18.9. The number of benzene rings is 3. The van der Waals surface area contributed by atoms with E-state index in [1.807, 2.05) is 0 Å². The van der Waals surface area contributed by atoms with Gasteiger partial charge >= 0.3 is 10.1 Å². The summed E-state index contributed by atoms with van der Waals surface area (Å²) in [4.78, 5) is 27.2. The number of aryl methyl sites for hydroxylation is 2. The fraction of sp³-hybridized carbons (Fsp3) is 0.0870. The molecule has 0 radical (unpaired) electrons. The van der Waals surface area contributed by atoms with Gasteiger partial charge in [-0.2, -0.15) is 18.2 Å². The predicted molar refractivity (Wildman–Crippen MR) is 126 cm³/mol. The highest BCUT2D eigenvalue weighted by molar-refractivity contribution is 7.87. The first kappa shape index (κ1) is 22.8. The minimum absolute atomic E-state index is 0.0149. The lowest BCUT2D eigenvalue weighted by Gasteiger charge is -2.08. The number of fused-ring (bicyclic) bond motifs is 1. The lowest BCUT2D eigenvalue weighted by molar-refractivity contribution is -0.385. The maximum atomic E-state index is 12.7. The zero-order chi connectivity index (χ0) is 24.5. The summed E-state index contributed by atoms with van der Waals surface area (Å²) in [6, 6.07) is 16.5. The monoisotopic (exact) mass is 478 g/mol. The summed E-state index contributed by atoms with van der Waals surface area (Å²) < 4.78 is 31.4. The van der Waals surface area contributed by atoms with Crippen LogP contribution in [0.1, 0.15) is 17.0 Å². The average molecular weight is 478 g/mol. The van der Waals surface area contributed by atoms with Gasteiger partial charge in [-0.05, 0) is 61.9 Å². The molecule has 0 N–H and O–H groups in total. The molecular formula is C23H18N4O6S. The van der Waals surface area contributed by atoms with E-state index in [9.17, 15) is 23.3 Å². The Morgan fingerprint density at radius 1 is 1.06 bits per heavy atom. The largest absolute Gasteiger partial charge is 0.379 e. The Morgan fingerprint density at radius 2 is 1.76 bits per heavy atom. The molecule has 0 aliphatic rings. The number of rotatable bonds is 6. The van der Waals surface area contributed by atoms with Crippen LogP contribution in [0.4, 0.5) is 5.69 Å². The molecule has 10 nitrogen and oxygen atoms in total. The van der Waals surface area contributed by atoms with Gasteiger partial charge in [0.25, 0.3) is 11.2 Å². The van der Waals surface area contributed by atoms with Crippen molar-refractivity contribution in [3.63, 3.8) is 0 Å². The minimum Gasteiger partial charge on any atom is -0.379 e. The molecule has 0 unspecified atom stereocenters. The predicted octanol–water partition coefficient (Wildman–Crippen LogP) is 3.57. The first-order valence-corrected chi connectivity index (χ1v) is 11.4. The quantitative estimate of drug-likeness (QED) is 0.179. The summed E-state index contributed by atoms with van der Waals surface area (Å²) in [6.45, 7) is 3.18. The molecule has 0 saturated carbocycles. The third-order valence-corrected chi connectivity index (χ3v) is 6.23. The van der Waals surface area contributed by atoms with Gasteiger partial charge in [-0.1, -0.05) is 18.2 Å². The first-order chi connectivity index (χ1) is 16.2. The molecule has 172 valence electrons. The van der Waals surface area contributed by atoms with Crippen molar-refractivity contribution in [2.45, 2.75) is 18.7 Å². The molecule has 1 aromatic heterocycles. The van der Waals surface area contributed by atoms with Crippen LogP contribution in [0.15, 0.2) is 81.5 Å². The van der Waals surface area contributed by atoms with Crippen LogP contribution in [-0.4, -0.2) is 29.2 Å². The minimum atomic E-state index is -4.28.